The Morgan fingerprint density at radius 3 is 2.39 bits per heavy atom. The van der Waals surface area contributed by atoms with E-state index in [4.69, 9.17) is 4.52 Å². The molecule has 0 bridgehead atoms. The summed E-state index contributed by atoms with van der Waals surface area (Å²) in [4.78, 5) is 14.5. The normalized spacial score (nSPS) is 16.8. The lowest BCUT2D eigenvalue weighted by atomic mass is 10.1. The first-order valence-electron chi connectivity index (χ1n) is 9.31. The average Bonchev–Trinajstić information content (AvgIpc) is 3.00. The van der Waals surface area contributed by atoms with E-state index < -0.39 is 10.0 Å². The Balaban J connectivity index is 1.54. The zero-order chi connectivity index (χ0) is 20.3. The first-order valence-corrected chi connectivity index (χ1v) is 10.8. The number of aromatic nitrogens is 1. The van der Waals surface area contributed by atoms with Crippen LogP contribution in [-0.2, 0) is 16.4 Å². The lowest BCUT2D eigenvalue weighted by molar-refractivity contribution is 0.169. The average molecular weight is 407 g/mol. The highest BCUT2D eigenvalue weighted by molar-refractivity contribution is 7.89. The molecule has 0 saturated carbocycles. The second-order valence-corrected chi connectivity index (χ2v) is 9.00. The molecule has 1 aliphatic rings. The van der Waals surface area contributed by atoms with Gasteiger partial charge in [0.2, 0.25) is 10.0 Å². The summed E-state index contributed by atoms with van der Waals surface area (Å²) in [5.74, 6) is 0.762. The molecule has 28 heavy (non-hydrogen) atoms. The standard InChI is InChI=1S/C19H26N4O4S/c1-14(13-18-15(2)21-27-16(18)3)20-19(24)22-9-11-23(12-10-22)28(25,26)17-7-5-4-6-8-17/h4-8,14H,9-13H2,1-3H3,(H,20,24). The maximum absolute atomic E-state index is 12.7. The Bertz CT molecular complexity index is 899. The Kier molecular flexibility index (Phi) is 6.04. The summed E-state index contributed by atoms with van der Waals surface area (Å²) in [7, 11) is -3.52. The fourth-order valence-electron chi connectivity index (χ4n) is 3.33. The number of carbonyl (C=O) groups excluding carboxylic acids is 1. The van der Waals surface area contributed by atoms with E-state index in [-0.39, 0.29) is 30.1 Å². The predicted octanol–water partition coefficient (Wildman–Crippen LogP) is 1.94. The van der Waals surface area contributed by atoms with E-state index in [0.717, 1.165) is 17.0 Å². The fraction of sp³-hybridized carbons (Fsp3) is 0.474. The molecule has 8 nitrogen and oxygen atoms in total. The number of hydrogen-bond acceptors (Lipinski definition) is 5. The Morgan fingerprint density at radius 1 is 1.18 bits per heavy atom. The highest BCUT2D eigenvalue weighted by Crippen LogP contribution is 2.18. The minimum atomic E-state index is -3.52. The van der Waals surface area contributed by atoms with Crippen molar-refractivity contribution in [1.82, 2.24) is 19.7 Å². The van der Waals surface area contributed by atoms with Crippen LogP contribution in [0.25, 0.3) is 0 Å². The molecule has 1 unspecified atom stereocenters. The molecule has 152 valence electrons. The van der Waals surface area contributed by atoms with Crippen LogP contribution >= 0.6 is 0 Å². The van der Waals surface area contributed by atoms with Crippen LogP contribution in [0.15, 0.2) is 39.8 Å². The van der Waals surface area contributed by atoms with Crippen LogP contribution in [0.2, 0.25) is 0 Å². The van der Waals surface area contributed by atoms with E-state index in [1.807, 2.05) is 20.8 Å². The molecule has 2 aromatic rings. The van der Waals surface area contributed by atoms with Crippen molar-refractivity contribution in [3.8, 4) is 0 Å². The third-order valence-corrected chi connectivity index (χ3v) is 6.88. The molecule has 1 N–H and O–H groups in total. The van der Waals surface area contributed by atoms with E-state index in [2.05, 4.69) is 10.5 Å². The zero-order valence-corrected chi connectivity index (χ0v) is 17.2. The molecule has 2 amide bonds. The number of sulfonamides is 1. The van der Waals surface area contributed by atoms with E-state index in [1.165, 1.54) is 4.31 Å². The molecule has 0 spiro atoms. The third kappa shape index (κ3) is 4.36. The van der Waals surface area contributed by atoms with Gasteiger partial charge in [-0.2, -0.15) is 4.31 Å². The monoisotopic (exact) mass is 406 g/mol. The quantitative estimate of drug-likeness (QED) is 0.819. The number of rotatable bonds is 5. The summed E-state index contributed by atoms with van der Waals surface area (Å²) in [6.45, 7) is 6.95. The van der Waals surface area contributed by atoms with Crippen LogP contribution in [0.4, 0.5) is 4.79 Å². The van der Waals surface area contributed by atoms with Gasteiger partial charge in [0.1, 0.15) is 5.76 Å². The fourth-order valence-corrected chi connectivity index (χ4v) is 4.77. The molecule has 0 aliphatic carbocycles. The summed E-state index contributed by atoms with van der Waals surface area (Å²) < 4.78 is 31.9. The van der Waals surface area contributed by atoms with Crippen LogP contribution in [0.5, 0.6) is 0 Å². The number of aryl methyl sites for hydroxylation is 2. The number of nitrogens with one attached hydrogen (secondary N) is 1. The van der Waals surface area contributed by atoms with Crippen molar-refractivity contribution in [3.05, 3.63) is 47.3 Å². The van der Waals surface area contributed by atoms with Gasteiger partial charge in [-0.25, -0.2) is 13.2 Å². The van der Waals surface area contributed by atoms with Gasteiger partial charge in [0, 0.05) is 37.8 Å². The van der Waals surface area contributed by atoms with Gasteiger partial charge in [-0.05, 0) is 39.3 Å². The van der Waals surface area contributed by atoms with Gasteiger partial charge < -0.3 is 14.7 Å². The van der Waals surface area contributed by atoms with Crippen LogP contribution in [0, 0.1) is 13.8 Å². The molecule has 9 heteroatoms. The van der Waals surface area contributed by atoms with Crippen LogP contribution < -0.4 is 5.32 Å². The topological polar surface area (TPSA) is 95.8 Å². The number of hydrogen-bond donors (Lipinski definition) is 1. The zero-order valence-electron chi connectivity index (χ0n) is 16.4. The van der Waals surface area contributed by atoms with E-state index in [1.54, 1.807) is 35.2 Å². The maximum atomic E-state index is 12.7. The number of carbonyl (C=O) groups is 1. The first-order chi connectivity index (χ1) is 13.3. The molecular formula is C19H26N4O4S. The second kappa shape index (κ2) is 8.32. The molecule has 1 atom stereocenters. The molecule has 2 heterocycles. The van der Waals surface area contributed by atoms with Crippen molar-refractivity contribution in [1.29, 1.82) is 0 Å². The molecule has 1 aromatic heterocycles. The number of nitrogens with zero attached hydrogens (tertiary/aromatic N) is 3. The van der Waals surface area contributed by atoms with Crippen molar-refractivity contribution < 1.29 is 17.7 Å². The molecule has 1 saturated heterocycles. The van der Waals surface area contributed by atoms with Gasteiger partial charge in [-0.1, -0.05) is 23.4 Å². The largest absolute Gasteiger partial charge is 0.361 e. The highest BCUT2D eigenvalue weighted by Gasteiger charge is 2.30. The van der Waals surface area contributed by atoms with Crippen molar-refractivity contribution in [3.63, 3.8) is 0 Å². The minimum Gasteiger partial charge on any atom is -0.361 e. The van der Waals surface area contributed by atoms with E-state index >= 15 is 0 Å². The molecule has 1 fully saturated rings. The summed E-state index contributed by atoms with van der Waals surface area (Å²) in [6.07, 6.45) is 0.634. The van der Waals surface area contributed by atoms with Crippen molar-refractivity contribution in [2.45, 2.75) is 38.1 Å². The molecule has 1 aliphatic heterocycles. The second-order valence-electron chi connectivity index (χ2n) is 7.06. The number of amides is 2. The Labute approximate surface area is 165 Å². The van der Waals surface area contributed by atoms with Gasteiger partial charge in [0.25, 0.3) is 0 Å². The predicted molar refractivity (Wildman–Crippen MR) is 104 cm³/mol. The van der Waals surface area contributed by atoms with Crippen molar-refractivity contribution >= 4 is 16.1 Å². The number of urea groups is 1. The van der Waals surface area contributed by atoms with Gasteiger partial charge in [0.15, 0.2) is 0 Å². The van der Waals surface area contributed by atoms with Crippen molar-refractivity contribution in [2.75, 3.05) is 26.2 Å². The Hall–Kier alpha value is -2.39. The van der Waals surface area contributed by atoms with E-state index in [0.29, 0.717) is 19.5 Å². The first kappa shape index (κ1) is 20.3. The maximum Gasteiger partial charge on any atom is 0.317 e. The SMILES string of the molecule is Cc1noc(C)c1CC(C)NC(=O)N1CCN(S(=O)(=O)c2ccccc2)CC1. The highest BCUT2D eigenvalue weighted by atomic mass is 32.2. The van der Waals surface area contributed by atoms with Gasteiger partial charge >= 0.3 is 6.03 Å². The van der Waals surface area contributed by atoms with Crippen molar-refractivity contribution in [2.24, 2.45) is 0 Å². The van der Waals surface area contributed by atoms with Gasteiger partial charge in [-0.3, -0.25) is 0 Å². The van der Waals surface area contributed by atoms with Gasteiger partial charge in [0.05, 0.1) is 10.6 Å². The molecule has 1 aromatic carbocycles. The Morgan fingerprint density at radius 2 is 1.82 bits per heavy atom. The van der Waals surface area contributed by atoms with Crippen LogP contribution in [0.1, 0.15) is 23.9 Å². The lowest BCUT2D eigenvalue weighted by Gasteiger charge is -2.34. The summed E-state index contributed by atoms with van der Waals surface area (Å²) >= 11 is 0. The van der Waals surface area contributed by atoms with Crippen LogP contribution in [0.3, 0.4) is 0 Å². The third-order valence-electron chi connectivity index (χ3n) is 4.97. The molecule has 0 radical (unpaired) electrons. The number of piperazine rings is 1. The smallest absolute Gasteiger partial charge is 0.317 e. The minimum absolute atomic E-state index is 0.0876. The lowest BCUT2D eigenvalue weighted by Crippen LogP contribution is -2.54. The summed E-state index contributed by atoms with van der Waals surface area (Å²) in [5.41, 5.74) is 1.84. The van der Waals surface area contributed by atoms with Crippen LogP contribution in [-0.4, -0.2) is 61.0 Å². The number of benzene rings is 1. The van der Waals surface area contributed by atoms with E-state index in [9.17, 15) is 13.2 Å². The summed E-state index contributed by atoms with van der Waals surface area (Å²) in [6, 6.07) is 8.10. The molecular weight excluding hydrogens is 380 g/mol. The summed E-state index contributed by atoms with van der Waals surface area (Å²) in [5, 5.41) is 6.91. The van der Waals surface area contributed by atoms with Gasteiger partial charge in [-0.15, -0.1) is 0 Å². The molecule has 3 rings (SSSR count).